The van der Waals surface area contributed by atoms with Gasteiger partial charge in [0.1, 0.15) is 17.1 Å². The van der Waals surface area contributed by atoms with Gasteiger partial charge in [-0.15, -0.1) is 0 Å². The zero-order valence-electron chi connectivity index (χ0n) is 16.9. The Bertz CT molecular complexity index is 1410. The van der Waals surface area contributed by atoms with Crippen molar-refractivity contribution < 1.29 is 24.1 Å². The number of rotatable bonds is 4. The quantitative estimate of drug-likeness (QED) is 0.511. The number of ether oxygens (including phenoxy) is 3. The molecule has 9 heteroatoms. The minimum absolute atomic E-state index is 0.0950. The molecule has 0 bridgehead atoms. The molecular formula is C23H17N3O6. The Morgan fingerprint density at radius 2 is 1.91 bits per heavy atom. The number of carbonyl (C=O) groups is 1. The summed E-state index contributed by atoms with van der Waals surface area (Å²) in [5.41, 5.74) is -0.0344. The van der Waals surface area contributed by atoms with E-state index in [1.165, 1.54) is 17.9 Å². The van der Waals surface area contributed by atoms with E-state index in [4.69, 9.17) is 14.2 Å². The molecule has 1 aliphatic rings. The maximum Gasteiger partial charge on any atom is 0.273 e. The molecule has 160 valence electrons. The van der Waals surface area contributed by atoms with Gasteiger partial charge < -0.3 is 24.6 Å². The van der Waals surface area contributed by atoms with Gasteiger partial charge >= 0.3 is 0 Å². The zero-order chi connectivity index (χ0) is 22.2. The third-order valence-electron chi connectivity index (χ3n) is 5.10. The zero-order valence-corrected chi connectivity index (χ0v) is 16.9. The van der Waals surface area contributed by atoms with Crippen LogP contribution in [0.15, 0.2) is 65.6 Å². The fourth-order valence-electron chi connectivity index (χ4n) is 3.55. The first-order valence-electron chi connectivity index (χ1n) is 9.65. The lowest BCUT2D eigenvalue weighted by Gasteiger charge is -2.14. The SMILES string of the molecule is COc1ccc(-n2c(=O)c(C(=O)Nc3ccc4c(c3)OCO4)c(O)c3cccnc32)cc1. The van der Waals surface area contributed by atoms with Gasteiger partial charge in [-0.05, 0) is 48.5 Å². The third kappa shape index (κ3) is 3.16. The van der Waals surface area contributed by atoms with E-state index in [-0.39, 0.29) is 17.8 Å². The average molecular weight is 431 g/mol. The highest BCUT2D eigenvalue weighted by molar-refractivity contribution is 6.09. The second-order valence-corrected chi connectivity index (χ2v) is 6.96. The fourth-order valence-corrected chi connectivity index (χ4v) is 3.55. The Balaban J connectivity index is 1.64. The van der Waals surface area contributed by atoms with E-state index in [1.807, 2.05) is 0 Å². The molecule has 0 atom stereocenters. The van der Waals surface area contributed by atoms with Crippen molar-refractivity contribution in [2.45, 2.75) is 0 Å². The van der Waals surface area contributed by atoms with Crippen molar-refractivity contribution in [3.8, 4) is 28.7 Å². The van der Waals surface area contributed by atoms with E-state index in [0.29, 0.717) is 28.6 Å². The third-order valence-corrected chi connectivity index (χ3v) is 5.10. The highest BCUT2D eigenvalue weighted by Gasteiger charge is 2.24. The molecule has 0 unspecified atom stereocenters. The molecule has 1 aliphatic heterocycles. The molecule has 2 N–H and O–H groups in total. The number of hydrogen-bond donors (Lipinski definition) is 2. The molecule has 0 spiro atoms. The van der Waals surface area contributed by atoms with Crippen LogP contribution in [0.25, 0.3) is 16.7 Å². The number of hydrogen-bond acceptors (Lipinski definition) is 7. The molecule has 0 fully saturated rings. The van der Waals surface area contributed by atoms with Gasteiger partial charge in [-0.1, -0.05) is 0 Å². The summed E-state index contributed by atoms with van der Waals surface area (Å²) >= 11 is 0. The normalized spacial score (nSPS) is 12.0. The van der Waals surface area contributed by atoms with Crippen LogP contribution in [-0.2, 0) is 0 Å². The molecule has 2 aromatic carbocycles. The van der Waals surface area contributed by atoms with Crippen molar-refractivity contribution in [3.63, 3.8) is 0 Å². The van der Waals surface area contributed by atoms with Crippen molar-refractivity contribution in [2.24, 2.45) is 0 Å². The number of nitrogens with zero attached hydrogens (tertiary/aromatic N) is 2. The van der Waals surface area contributed by atoms with Crippen molar-refractivity contribution >= 4 is 22.6 Å². The first-order chi connectivity index (χ1) is 15.6. The molecule has 2 aromatic heterocycles. The molecular weight excluding hydrogens is 414 g/mol. The average Bonchev–Trinajstić information content (AvgIpc) is 3.27. The number of methoxy groups -OCH3 is 1. The minimum atomic E-state index is -0.764. The first kappa shape index (κ1) is 19.4. The number of amides is 1. The standard InChI is InChI=1S/C23H17N3O6/c1-30-15-7-5-14(6-8-15)26-21-16(3-2-10-24-21)20(27)19(23(26)29)22(28)25-13-4-9-17-18(11-13)32-12-31-17/h2-11,27H,12H2,1H3,(H,25,28). The maximum absolute atomic E-state index is 13.4. The molecule has 3 heterocycles. The lowest BCUT2D eigenvalue weighted by atomic mass is 10.1. The van der Waals surface area contributed by atoms with Crippen molar-refractivity contribution in [1.82, 2.24) is 9.55 Å². The smallest absolute Gasteiger partial charge is 0.273 e. The van der Waals surface area contributed by atoms with Crippen molar-refractivity contribution in [2.75, 3.05) is 19.2 Å². The maximum atomic E-state index is 13.4. The van der Waals surface area contributed by atoms with Crippen molar-refractivity contribution in [1.29, 1.82) is 0 Å². The van der Waals surface area contributed by atoms with Crippen LogP contribution in [-0.4, -0.2) is 34.5 Å². The summed E-state index contributed by atoms with van der Waals surface area (Å²) in [5, 5.41) is 13.7. The summed E-state index contributed by atoms with van der Waals surface area (Å²) in [5.74, 6) is 0.439. The molecule has 0 radical (unpaired) electrons. The van der Waals surface area contributed by atoms with Gasteiger partial charge in [0, 0.05) is 18.0 Å². The van der Waals surface area contributed by atoms with Gasteiger partial charge in [0.2, 0.25) is 6.79 Å². The van der Waals surface area contributed by atoms with E-state index < -0.39 is 22.8 Å². The summed E-state index contributed by atoms with van der Waals surface area (Å²) in [4.78, 5) is 30.7. The number of aromatic hydroxyl groups is 1. The Morgan fingerprint density at radius 1 is 1.12 bits per heavy atom. The summed E-state index contributed by atoms with van der Waals surface area (Å²) in [6.45, 7) is 0.0950. The molecule has 4 aromatic rings. The molecule has 1 amide bonds. The molecule has 0 saturated carbocycles. The van der Waals surface area contributed by atoms with Gasteiger partial charge in [0.05, 0.1) is 18.2 Å². The summed E-state index contributed by atoms with van der Waals surface area (Å²) in [7, 11) is 1.54. The topological polar surface area (TPSA) is 112 Å². The number of carbonyl (C=O) groups excluding carboxylic acids is 1. The molecule has 9 nitrogen and oxygen atoms in total. The Labute approximate surface area is 181 Å². The molecule has 0 aliphatic carbocycles. The fraction of sp³-hybridized carbons (Fsp3) is 0.0870. The van der Waals surface area contributed by atoms with Gasteiger partial charge in [0.25, 0.3) is 11.5 Å². The lowest BCUT2D eigenvalue weighted by molar-refractivity contribution is 0.102. The van der Waals surface area contributed by atoms with Gasteiger partial charge in [-0.25, -0.2) is 4.98 Å². The van der Waals surface area contributed by atoms with Crippen LogP contribution in [0.1, 0.15) is 10.4 Å². The molecule has 5 rings (SSSR count). The van der Waals surface area contributed by atoms with Gasteiger partial charge in [-0.3, -0.25) is 14.2 Å². The van der Waals surface area contributed by atoms with Crippen LogP contribution in [0.2, 0.25) is 0 Å². The highest BCUT2D eigenvalue weighted by Crippen LogP contribution is 2.35. The number of pyridine rings is 2. The summed E-state index contributed by atoms with van der Waals surface area (Å²) in [6, 6.07) is 14.8. The van der Waals surface area contributed by atoms with E-state index in [0.717, 1.165) is 0 Å². The number of anilines is 1. The van der Waals surface area contributed by atoms with Crippen molar-refractivity contribution in [3.05, 3.63) is 76.7 Å². The van der Waals surface area contributed by atoms with E-state index in [9.17, 15) is 14.7 Å². The monoisotopic (exact) mass is 431 g/mol. The van der Waals surface area contributed by atoms with E-state index >= 15 is 0 Å². The number of fused-ring (bicyclic) bond motifs is 2. The largest absolute Gasteiger partial charge is 0.506 e. The van der Waals surface area contributed by atoms with E-state index in [2.05, 4.69) is 10.3 Å². The van der Waals surface area contributed by atoms with Gasteiger partial charge in [-0.2, -0.15) is 0 Å². The Morgan fingerprint density at radius 3 is 2.69 bits per heavy atom. The molecule has 0 saturated heterocycles. The Kier molecular flexibility index (Phi) is 4.63. The highest BCUT2D eigenvalue weighted by atomic mass is 16.7. The second kappa shape index (κ2) is 7.62. The Hall–Kier alpha value is -4.53. The minimum Gasteiger partial charge on any atom is -0.506 e. The summed E-state index contributed by atoms with van der Waals surface area (Å²) in [6.07, 6.45) is 1.51. The first-order valence-corrected chi connectivity index (χ1v) is 9.65. The van der Waals surface area contributed by atoms with Crippen LogP contribution >= 0.6 is 0 Å². The number of nitrogens with one attached hydrogen (secondary N) is 1. The molecule has 32 heavy (non-hydrogen) atoms. The number of aromatic nitrogens is 2. The van der Waals surface area contributed by atoms with Crippen LogP contribution < -0.4 is 25.1 Å². The number of benzene rings is 2. The predicted molar refractivity (Wildman–Crippen MR) is 116 cm³/mol. The van der Waals surface area contributed by atoms with Crippen LogP contribution in [0.3, 0.4) is 0 Å². The van der Waals surface area contributed by atoms with Crippen LogP contribution in [0, 0.1) is 0 Å². The second-order valence-electron chi connectivity index (χ2n) is 6.96. The summed E-state index contributed by atoms with van der Waals surface area (Å²) < 4.78 is 17.0. The van der Waals surface area contributed by atoms with E-state index in [1.54, 1.807) is 54.6 Å². The van der Waals surface area contributed by atoms with Crippen LogP contribution in [0.4, 0.5) is 5.69 Å². The lowest BCUT2D eigenvalue weighted by Crippen LogP contribution is -2.29. The van der Waals surface area contributed by atoms with Crippen LogP contribution in [0.5, 0.6) is 23.0 Å². The predicted octanol–water partition coefficient (Wildman–Crippen LogP) is 3.08. The van der Waals surface area contributed by atoms with Gasteiger partial charge in [0.15, 0.2) is 17.1 Å².